The van der Waals surface area contributed by atoms with E-state index in [1.165, 1.54) is 18.3 Å². The summed E-state index contributed by atoms with van der Waals surface area (Å²) in [5.41, 5.74) is 3.71. The van der Waals surface area contributed by atoms with E-state index in [-0.39, 0.29) is 11.4 Å². The second kappa shape index (κ2) is 4.19. The van der Waals surface area contributed by atoms with E-state index in [0.29, 0.717) is 20.2 Å². The minimum absolute atomic E-state index is 0.288. The zero-order valence-corrected chi connectivity index (χ0v) is 10.1. The zero-order chi connectivity index (χ0) is 11.7. The van der Waals surface area contributed by atoms with Crippen LogP contribution in [0.2, 0.25) is 0 Å². The van der Waals surface area contributed by atoms with Crippen molar-refractivity contribution >= 4 is 39.2 Å². The first-order valence-electron chi connectivity index (χ1n) is 4.32. The molecule has 6 heteroatoms. The third kappa shape index (κ3) is 1.68. The maximum absolute atomic E-state index is 13.3. The van der Waals surface area contributed by atoms with Crippen molar-refractivity contribution in [2.45, 2.75) is 0 Å². The Morgan fingerprint density at radius 2 is 2.25 bits per heavy atom. The lowest BCUT2D eigenvalue weighted by atomic mass is 10.1. The first-order chi connectivity index (χ1) is 7.67. The van der Waals surface area contributed by atoms with Crippen LogP contribution in [0.25, 0.3) is 10.9 Å². The fourth-order valence-corrected chi connectivity index (χ4v) is 2.19. The van der Waals surface area contributed by atoms with Gasteiger partial charge in [-0.1, -0.05) is 0 Å². The van der Waals surface area contributed by atoms with Crippen LogP contribution in [0.3, 0.4) is 0 Å². The molecule has 0 radical (unpaired) electrons. The molecule has 0 amide bonds. The van der Waals surface area contributed by atoms with Crippen LogP contribution in [0.5, 0.6) is 0 Å². The molecule has 0 spiro atoms. The number of nitrogens with zero attached hydrogens (tertiary/aromatic N) is 2. The summed E-state index contributed by atoms with van der Waals surface area (Å²) >= 11 is 1.99. The Hall–Kier alpha value is -1.46. The number of anilines is 1. The Labute approximate surface area is 104 Å². The van der Waals surface area contributed by atoms with Gasteiger partial charge in [0.15, 0.2) is 0 Å². The van der Waals surface area contributed by atoms with Gasteiger partial charge in [0.1, 0.15) is 11.9 Å². The van der Waals surface area contributed by atoms with Crippen molar-refractivity contribution in [3.05, 3.63) is 33.3 Å². The van der Waals surface area contributed by atoms with Gasteiger partial charge < -0.3 is 5.43 Å². The molecule has 2 rings (SSSR count). The maximum Gasteiger partial charge on any atom is 0.125 e. The smallest absolute Gasteiger partial charge is 0.125 e. The number of nitrogens with two attached hydrogens (primary N) is 1. The molecule has 0 aliphatic rings. The van der Waals surface area contributed by atoms with E-state index in [4.69, 9.17) is 11.1 Å². The number of hydrogen-bond donors (Lipinski definition) is 2. The summed E-state index contributed by atoms with van der Waals surface area (Å²) in [6, 6.07) is 4.63. The molecular weight excluding hydrogens is 322 g/mol. The van der Waals surface area contributed by atoms with Crippen molar-refractivity contribution in [1.29, 1.82) is 5.26 Å². The lowest BCUT2D eigenvalue weighted by molar-refractivity contribution is 0.629. The highest BCUT2D eigenvalue weighted by molar-refractivity contribution is 14.1. The van der Waals surface area contributed by atoms with E-state index in [1.54, 1.807) is 0 Å². The van der Waals surface area contributed by atoms with E-state index in [1.807, 2.05) is 28.7 Å². The number of benzene rings is 1. The molecule has 0 aliphatic carbocycles. The number of aromatic nitrogens is 1. The van der Waals surface area contributed by atoms with Gasteiger partial charge in [0.05, 0.1) is 16.8 Å². The van der Waals surface area contributed by atoms with E-state index < -0.39 is 0 Å². The van der Waals surface area contributed by atoms with E-state index in [0.717, 1.165) is 0 Å². The topological polar surface area (TPSA) is 74.7 Å². The van der Waals surface area contributed by atoms with Crippen LogP contribution in [-0.2, 0) is 0 Å². The average molecular weight is 328 g/mol. The van der Waals surface area contributed by atoms with E-state index in [2.05, 4.69) is 10.4 Å². The summed E-state index contributed by atoms with van der Waals surface area (Å²) in [6.45, 7) is 0. The summed E-state index contributed by atoms with van der Waals surface area (Å²) in [5.74, 6) is 4.95. The standard InChI is InChI=1S/C10H6FIN4/c11-6-1-7-9(16-14)5(3-13)4-15-10(7)8(12)2-6/h1-2,4H,14H2,(H,15,16). The Morgan fingerprint density at radius 1 is 1.50 bits per heavy atom. The average Bonchev–Trinajstić information content (AvgIpc) is 2.27. The van der Waals surface area contributed by atoms with Crippen LogP contribution >= 0.6 is 22.6 Å². The van der Waals surface area contributed by atoms with E-state index in [9.17, 15) is 4.39 Å². The van der Waals surface area contributed by atoms with Crippen molar-refractivity contribution in [3.63, 3.8) is 0 Å². The number of fused-ring (bicyclic) bond motifs is 1. The highest BCUT2D eigenvalue weighted by Gasteiger charge is 2.11. The number of nitriles is 1. The summed E-state index contributed by atoms with van der Waals surface area (Å²) in [7, 11) is 0. The van der Waals surface area contributed by atoms with E-state index >= 15 is 0 Å². The second-order valence-corrected chi connectivity index (χ2v) is 4.25. The summed E-state index contributed by atoms with van der Waals surface area (Å²) < 4.78 is 13.9. The van der Waals surface area contributed by atoms with Crippen molar-refractivity contribution < 1.29 is 4.39 Å². The van der Waals surface area contributed by atoms with Crippen LogP contribution in [-0.4, -0.2) is 4.98 Å². The molecule has 4 nitrogen and oxygen atoms in total. The Kier molecular flexibility index (Phi) is 2.89. The molecule has 0 saturated heterocycles. The lowest BCUT2D eigenvalue weighted by Gasteiger charge is -2.08. The third-order valence-electron chi connectivity index (χ3n) is 2.15. The molecule has 16 heavy (non-hydrogen) atoms. The first kappa shape index (κ1) is 11.0. The number of hydrazine groups is 1. The fourth-order valence-electron chi connectivity index (χ4n) is 1.47. The summed E-state index contributed by atoms with van der Waals surface area (Å²) in [6.07, 6.45) is 1.41. The molecule has 1 heterocycles. The lowest BCUT2D eigenvalue weighted by Crippen LogP contribution is -2.09. The van der Waals surface area contributed by atoms with Gasteiger partial charge >= 0.3 is 0 Å². The molecule has 0 fully saturated rings. The molecule has 0 aliphatic heterocycles. The number of halogens is 2. The first-order valence-corrected chi connectivity index (χ1v) is 5.39. The maximum atomic E-state index is 13.3. The van der Waals surface area contributed by atoms with Crippen molar-refractivity contribution in [2.75, 3.05) is 5.43 Å². The monoisotopic (exact) mass is 328 g/mol. The molecule has 1 aromatic carbocycles. The molecule has 3 N–H and O–H groups in total. The fraction of sp³-hybridized carbons (Fsp3) is 0. The third-order valence-corrected chi connectivity index (χ3v) is 2.98. The van der Waals surface area contributed by atoms with Crippen LogP contribution in [0, 0.1) is 20.7 Å². The highest BCUT2D eigenvalue weighted by atomic mass is 127. The van der Waals surface area contributed by atoms with Gasteiger partial charge in [0.2, 0.25) is 0 Å². The minimum Gasteiger partial charge on any atom is -0.322 e. The predicted octanol–water partition coefficient (Wildman–Crippen LogP) is 2.14. The predicted molar refractivity (Wildman–Crippen MR) is 66.9 cm³/mol. The molecule has 1 aromatic heterocycles. The largest absolute Gasteiger partial charge is 0.322 e. The molecular formula is C10H6FIN4. The van der Waals surface area contributed by atoms with Gasteiger partial charge in [-0.2, -0.15) is 5.26 Å². The van der Waals surface area contributed by atoms with Gasteiger partial charge in [-0.25, -0.2) is 4.39 Å². The highest BCUT2D eigenvalue weighted by Crippen LogP contribution is 2.28. The molecule has 2 aromatic rings. The SMILES string of the molecule is N#Cc1cnc2c(I)cc(F)cc2c1NN. The Morgan fingerprint density at radius 3 is 2.88 bits per heavy atom. The number of pyridine rings is 1. The van der Waals surface area contributed by atoms with Crippen LogP contribution in [0.15, 0.2) is 18.3 Å². The molecule has 0 unspecified atom stereocenters. The number of nitrogen functional groups attached to an aromatic ring is 1. The molecule has 0 bridgehead atoms. The van der Waals surface area contributed by atoms with Crippen molar-refractivity contribution in [2.24, 2.45) is 5.84 Å². The zero-order valence-electron chi connectivity index (χ0n) is 7.96. The van der Waals surface area contributed by atoms with Gasteiger partial charge in [-0.15, -0.1) is 0 Å². The molecule has 0 atom stereocenters. The summed E-state index contributed by atoms with van der Waals surface area (Å²) in [5, 5.41) is 9.37. The second-order valence-electron chi connectivity index (χ2n) is 3.09. The number of hydrogen-bond acceptors (Lipinski definition) is 4. The van der Waals surface area contributed by atoms with Crippen molar-refractivity contribution in [1.82, 2.24) is 4.98 Å². The normalized spacial score (nSPS) is 10.1. The summed E-state index contributed by atoms with van der Waals surface area (Å²) in [4.78, 5) is 4.11. The number of rotatable bonds is 1. The minimum atomic E-state index is -0.384. The molecule has 80 valence electrons. The van der Waals surface area contributed by atoms with Gasteiger partial charge in [-0.3, -0.25) is 10.8 Å². The van der Waals surface area contributed by atoms with Crippen LogP contribution in [0.1, 0.15) is 5.56 Å². The quantitative estimate of drug-likeness (QED) is 0.478. The number of nitrogens with one attached hydrogen (secondary N) is 1. The van der Waals surface area contributed by atoms with Crippen molar-refractivity contribution in [3.8, 4) is 6.07 Å². The Bertz CT molecular complexity index is 606. The van der Waals surface area contributed by atoms with Gasteiger partial charge in [0, 0.05) is 15.2 Å². The van der Waals surface area contributed by atoms with Gasteiger partial charge in [-0.05, 0) is 34.7 Å². The Balaban J connectivity index is 2.93. The molecule has 0 saturated carbocycles. The van der Waals surface area contributed by atoms with Crippen LogP contribution in [0.4, 0.5) is 10.1 Å². The van der Waals surface area contributed by atoms with Crippen LogP contribution < -0.4 is 11.3 Å². The van der Waals surface area contributed by atoms with Gasteiger partial charge in [0.25, 0.3) is 0 Å².